The van der Waals surface area contributed by atoms with E-state index < -0.39 is 11.1 Å². The second-order valence-corrected chi connectivity index (χ2v) is 14.3. The van der Waals surface area contributed by atoms with Crippen molar-refractivity contribution in [3.8, 4) is 5.75 Å². The van der Waals surface area contributed by atoms with Gasteiger partial charge in [-0.15, -0.1) is 0 Å². The first-order valence-electron chi connectivity index (χ1n) is 16.1. The van der Waals surface area contributed by atoms with Gasteiger partial charge in [0.25, 0.3) is 0 Å². The first kappa shape index (κ1) is 34.2. The van der Waals surface area contributed by atoms with Crippen molar-refractivity contribution in [3.63, 3.8) is 0 Å². The van der Waals surface area contributed by atoms with Crippen LogP contribution in [0.25, 0.3) is 0 Å². The second kappa shape index (κ2) is 13.5. The van der Waals surface area contributed by atoms with Gasteiger partial charge in [0, 0.05) is 59.6 Å². The van der Waals surface area contributed by atoms with Gasteiger partial charge in [0.15, 0.2) is 0 Å². The van der Waals surface area contributed by atoms with Gasteiger partial charge in [-0.3, -0.25) is 19.8 Å². The molecule has 1 aromatic heterocycles. The van der Waals surface area contributed by atoms with Crippen LogP contribution in [0.4, 0.5) is 4.79 Å². The molecule has 2 atom stereocenters. The molecule has 0 radical (unpaired) electrons. The van der Waals surface area contributed by atoms with Crippen LogP contribution in [0, 0.1) is 0 Å². The number of nitrogens with two attached hydrogens (primary N) is 1. The number of hydrogen-bond donors (Lipinski definition) is 1. The van der Waals surface area contributed by atoms with E-state index in [2.05, 4.69) is 39.5 Å². The first-order chi connectivity index (χ1) is 21.8. The molecule has 0 bridgehead atoms. The number of aromatic nitrogens is 1. The SMILES string of the molecule is CCOc1cc(C(C)(C)C)ncc1C1=N[C@@](C)(c2ccc(Cl)cc2)[C@@](C)(c2ccc(Cl)cc2)N1C(=O)N1CCN(CCCN)CC1. The molecule has 2 aliphatic heterocycles. The third-order valence-corrected chi connectivity index (χ3v) is 9.94. The number of amidine groups is 1. The van der Waals surface area contributed by atoms with Crippen molar-refractivity contribution in [3.05, 3.63) is 93.2 Å². The quantitative estimate of drug-likeness (QED) is 0.278. The number of benzene rings is 2. The van der Waals surface area contributed by atoms with E-state index >= 15 is 4.79 Å². The summed E-state index contributed by atoms with van der Waals surface area (Å²) in [6.45, 7) is 17.3. The molecule has 46 heavy (non-hydrogen) atoms. The number of carbonyl (C=O) groups excluding carboxylic acids is 1. The van der Waals surface area contributed by atoms with Gasteiger partial charge in [-0.25, -0.2) is 4.79 Å². The van der Waals surface area contributed by atoms with E-state index in [1.165, 1.54) is 0 Å². The molecule has 0 saturated carbocycles. The lowest BCUT2D eigenvalue weighted by Crippen LogP contribution is -2.60. The molecular formula is C36H46Cl2N6O2. The fourth-order valence-corrected chi connectivity index (χ4v) is 6.73. The first-order valence-corrected chi connectivity index (χ1v) is 16.9. The molecule has 2 aliphatic rings. The summed E-state index contributed by atoms with van der Waals surface area (Å²) in [6, 6.07) is 17.3. The highest BCUT2D eigenvalue weighted by Crippen LogP contribution is 2.54. The average Bonchev–Trinajstić information content (AvgIpc) is 3.28. The highest BCUT2D eigenvalue weighted by molar-refractivity contribution is 6.30. The third-order valence-electron chi connectivity index (χ3n) is 9.44. The van der Waals surface area contributed by atoms with Crippen LogP contribution in [0.5, 0.6) is 5.75 Å². The standard InChI is InChI=1S/C36H46Cl2N6O2/c1-7-46-30-23-31(34(2,3)4)40-24-29(30)32-41-35(5,25-9-13-27(37)14-10-25)36(6,26-11-15-28(38)16-12-26)44(32)33(45)43-21-19-42(20-22-43)18-8-17-39/h9-16,23-24H,7-8,17-22,39H2,1-6H3/t35-,36+/m0/s1. The molecule has 2 aromatic carbocycles. The summed E-state index contributed by atoms with van der Waals surface area (Å²) in [5, 5.41) is 1.25. The van der Waals surface area contributed by atoms with Crippen molar-refractivity contribution in [2.45, 2.75) is 64.5 Å². The molecule has 8 nitrogen and oxygen atoms in total. The van der Waals surface area contributed by atoms with Crippen LogP contribution < -0.4 is 10.5 Å². The molecule has 0 unspecified atom stereocenters. The molecule has 10 heteroatoms. The molecule has 246 valence electrons. The zero-order valence-corrected chi connectivity index (χ0v) is 29.3. The Balaban J connectivity index is 1.72. The molecule has 1 saturated heterocycles. The van der Waals surface area contributed by atoms with Gasteiger partial charge in [-0.05, 0) is 75.7 Å². The summed E-state index contributed by atoms with van der Waals surface area (Å²) in [6.07, 6.45) is 2.74. The number of piperazine rings is 1. The molecule has 2 N–H and O–H groups in total. The molecule has 0 spiro atoms. The van der Waals surface area contributed by atoms with Crippen molar-refractivity contribution in [1.29, 1.82) is 0 Å². The lowest BCUT2D eigenvalue weighted by Gasteiger charge is -2.47. The predicted octanol–water partition coefficient (Wildman–Crippen LogP) is 7.06. The number of aliphatic imine (C=N–C) groups is 1. The Bertz CT molecular complexity index is 1560. The Hall–Kier alpha value is -3.17. The summed E-state index contributed by atoms with van der Waals surface area (Å²) < 4.78 is 6.27. The molecule has 5 rings (SSSR count). The van der Waals surface area contributed by atoms with Gasteiger partial charge in [0.1, 0.15) is 22.7 Å². The Morgan fingerprint density at radius 2 is 1.54 bits per heavy atom. The van der Waals surface area contributed by atoms with E-state index in [1.807, 2.05) is 77.5 Å². The Morgan fingerprint density at radius 3 is 2.09 bits per heavy atom. The van der Waals surface area contributed by atoms with E-state index in [0.717, 1.165) is 42.9 Å². The maximum Gasteiger partial charge on any atom is 0.326 e. The number of urea groups is 1. The molecule has 3 heterocycles. The van der Waals surface area contributed by atoms with Crippen LogP contribution >= 0.6 is 23.2 Å². The zero-order chi connectivity index (χ0) is 33.3. The van der Waals surface area contributed by atoms with Gasteiger partial charge in [-0.2, -0.15) is 0 Å². The fraction of sp³-hybridized carbons (Fsp3) is 0.472. The van der Waals surface area contributed by atoms with Gasteiger partial charge in [0.05, 0.1) is 12.2 Å². The van der Waals surface area contributed by atoms with Crippen molar-refractivity contribution < 1.29 is 9.53 Å². The average molecular weight is 666 g/mol. The second-order valence-electron chi connectivity index (χ2n) is 13.4. The number of rotatable bonds is 8. The highest BCUT2D eigenvalue weighted by Gasteiger charge is 2.60. The molecular weight excluding hydrogens is 619 g/mol. The van der Waals surface area contributed by atoms with E-state index in [-0.39, 0.29) is 11.4 Å². The minimum absolute atomic E-state index is 0.116. The summed E-state index contributed by atoms with van der Waals surface area (Å²) >= 11 is 12.8. The predicted molar refractivity (Wildman–Crippen MR) is 187 cm³/mol. The molecule has 3 aromatic rings. The summed E-state index contributed by atoms with van der Waals surface area (Å²) in [7, 11) is 0. The molecule has 1 fully saturated rings. The van der Waals surface area contributed by atoms with Crippen molar-refractivity contribution >= 4 is 35.1 Å². The van der Waals surface area contributed by atoms with Crippen LogP contribution in [0.2, 0.25) is 10.0 Å². The number of ether oxygens (including phenoxy) is 1. The van der Waals surface area contributed by atoms with E-state index in [0.29, 0.717) is 53.4 Å². The third kappa shape index (κ3) is 6.37. The number of carbonyl (C=O) groups is 1. The Morgan fingerprint density at radius 1 is 0.957 bits per heavy atom. The molecule has 2 amide bonds. The topological polar surface area (TPSA) is 87.3 Å². The van der Waals surface area contributed by atoms with E-state index in [4.69, 9.17) is 43.6 Å². The van der Waals surface area contributed by atoms with Crippen molar-refractivity contribution in [2.24, 2.45) is 10.7 Å². The van der Waals surface area contributed by atoms with E-state index in [1.54, 1.807) is 0 Å². The normalized spacial score (nSPS) is 22.2. The van der Waals surface area contributed by atoms with Crippen LogP contribution in [0.1, 0.15) is 70.3 Å². The van der Waals surface area contributed by atoms with Crippen LogP contribution in [-0.2, 0) is 16.5 Å². The summed E-state index contributed by atoms with van der Waals surface area (Å²) in [5.74, 6) is 1.16. The maximum absolute atomic E-state index is 15.1. The minimum atomic E-state index is -0.972. The number of nitrogens with zero attached hydrogens (tertiary/aromatic N) is 5. The minimum Gasteiger partial charge on any atom is -0.493 e. The smallest absolute Gasteiger partial charge is 0.326 e. The maximum atomic E-state index is 15.1. The van der Waals surface area contributed by atoms with E-state index in [9.17, 15) is 0 Å². The van der Waals surface area contributed by atoms with Gasteiger partial charge in [0.2, 0.25) is 0 Å². The zero-order valence-electron chi connectivity index (χ0n) is 27.8. The number of amides is 2. The summed E-state index contributed by atoms with van der Waals surface area (Å²) in [4.78, 5) is 31.6. The van der Waals surface area contributed by atoms with Gasteiger partial charge < -0.3 is 15.4 Å². The summed E-state index contributed by atoms with van der Waals surface area (Å²) in [5.41, 5.74) is 7.07. The van der Waals surface area contributed by atoms with Crippen molar-refractivity contribution in [2.75, 3.05) is 45.9 Å². The van der Waals surface area contributed by atoms with Gasteiger partial charge in [-0.1, -0.05) is 68.2 Å². The Kier molecular flexibility index (Phi) is 10.0. The largest absolute Gasteiger partial charge is 0.493 e. The van der Waals surface area contributed by atoms with Crippen LogP contribution in [0.3, 0.4) is 0 Å². The van der Waals surface area contributed by atoms with Crippen LogP contribution in [0.15, 0.2) is 65.8 Å². The Labute approximate surface area is 283 Å². The lowest BCUT2D eigenvalue weighted by molar-refractivity contribution is 0.0866. The van der Waals surface area contributed by atoms with Crippen molar-refractivity contribution in [1.82, 2.24) is 19.7 Å². The number of hydrogen-bond acceptors (Lipinski definition) is 6. The monoisotopic (exact) mass is 664 g/mol. The molecule has 0 aliphatic carbocycles. The fourth-order valence-electron chi connectivity index (χ4n) is 6.48. The lowest BCUT2D eigenvalue weighted by atomic mass is 9.71. The number of halogens is 2. The van der Waals surface area contributed by atoms with Gasteiger partial charge >= 0.3 is 6.03 Å². The highest BCUT2D eigenvalue weighted by atomic mass is 35.5. The van der Waals surface area contributed by atoms with Crippen LogP contribution in [-0.4, -0.2) is 77.4 Å². The number of pyridine rings is 1.